The number of nitrogens with zero attached hydrogens (tertiary/aromatic N) is 1. The Morgan fingerprint density at radius 1 is 1.15 bits per heavy atom. The highest BCUT2D eigenvalue weighted by Gasteiger charge is 2.11. The molecule has 2 aromatic rings. The summed E-state index contributed by atoms with van der Waals surface area (Å²) in [5, 5.41) is 2.62. The average Bonchev–Trinajstić information content (AvgIpc) is 2.38. The molecule has 0 fully saturated rings. The molecule has 0 aliphatic carbocycles. The fraction of sp³-hybridized carbons (Fsp3) is 0.0769. The summed E-state index contributed by atoms with van der Waals surface area (Å²) in [4.78, 5) is 16.0. The Kier molecular flexibility index (Phi) is 4.06. The van der Waals surface area contributed by atoms with E-state index in [9.17, 15) is 13.2 Å². The van der Waals surface area contributed by atoms with Gasteiger partial charge in [-0.05, 0) is 43.3 Å². The lowest BCUT2D eigenvalue weighted by molar-refractivity contribution is 0.102. The van der Waals surface area contributed by atoms with Crippen LogP contribution >= 0.6 is 10.7 Å². The van der Waals surface area contributed by atoms with Crippen LogP contribution < -0.4 is 5.32 Å². The van der Waals surface area contributed by atoms with Crippen molar-refractivity contribution in [3.05, 3.63) is 53.9 Å². The maximum absolute atomic E-state index is 11.9. The van der Waals surface area contributed by atoms with Crippen molar-refractivity contribution in [2.24, 2.45) is 0 Å². The molecule has 0 aliphatic rings. The van der Waals surface area contributed by atoms with Crippen molar-refractivity contribution in [1.82, 2.24) is 4.98 Å². The molecule has 1 N–H and O–H groups in total. The maximum atomic E-state index is 11.9. The number of nitrogens with one attached hydrogen (secondary N) is 1. The SMILES string of the molecule is Cc1cccc(C(=O)Nc2ccc(S(=O)(=O)Cl)cc2)n1. The Balaban J connectivity index is 2.16. The Bertz CT molecular complexity index is 742. The fourth-order valence-electron chi connectivity index (χ4n) is 1.57. The Hall–Kier alpha value is -1.92. The Labute approximate surface area is 121 Å². The van der Waals surface area contributed by atoms with Crippen LogP contribution in [0, 0.1) is 6.92 Å². The summed E-state index contributed by atoms with van der Waals surface area (Å²) >= 11 is 0. The number of aryl methyl sites for hydroxylation is 1. The molecule has 0 spiro atoms. The number of amides is 1. The van der Waals surface area contributed by atoms with Crippen molar-refractivity contribution in [2.45, 2.75) is 11.8 Å². The van der Waals surface area contributed by atoms with E-state index in [4.69, 9.17) is 10.7 Å². The summed E-state index contributed by atoms with van der Waals surface area (Å²) in [7, 11) is 1.45. The first kappa shape index (κ1) is 14.5. The van der Waals surface area contributed by atoms with Gasteiger partial charge in [0.25, 0.3) is 15.0 Å². The molecule has 1 aromatic heterocycles. The molecule has 0 atom stereocenters. The zero-order valence-electron chi connectivity index (χ0n) is 10.5. The van der Waals surface area contributed by atoms with E-state index in [0.29, 0.717) is 11.4 Å². The van der Waals surface area contributed by atoms with E-state index in [1.165, 1.54) is 24.3 Å². The molecule has 2 rings (SSSR count). The molecule has 0 saturated carbocycles. The van der Waals surface area contributed by atoms with Gasteiger partial charge in [-0.25, -0.2) is 13.4 Å². The molecule has 5 nitrogen and oxygen atoms in total. The van der Waals surface area contributed by atoms with E-state index in [2.05, 4.69) is 10.3 Å². The van der Waals surface area contributed by atoms with Crippen LogP contribution in [0.15, 0.2) is 47.4 Å². The first-order chi connectivity index (χ1) is 9.36. The topological polar surface area (TPSA) is 76.1 Å². The number of aromatic nitrogens is 1. The molecule has 0 aliphatic heterocycles. The van der Waals surface area contributed by atoms with Gasteiger partial charge in [0.15, 0.2) is 0 Å². The van der Waals surface area contributed by atoms with Gasteiger partial charge in [0.1, 0.15) is 5.69 Å². The van der Waals surface area contributed by atoms with E-state index in [0.717, 1.165) is 5.69 Å². The zero-order chi connectivity index (χ0) is 14.8. The first-order valence-electron chi connectivity index (χ1n) is 5.66. The minimum Gasteiger partial charge on any atom is -0.321 e. The van der Waals surface area contributed by atoms with Crippen molar-refractivity contribution >= 4 is 31.3 Å². The molecule has 0 bridgehead atoms. The van der Waals surface area contributed by atoms with Gasteiger partial charge in [-0.1, -0.05) is 6.07 Å². The smallest absolute Gasteiger partial charge is 0.274 e. The lowest BCUT2D eigenvalue weighted by Crippen LogP contribution is -2.13. The lowest BCUT2D eigenvalue weighted by atomic mass is 10.2. The van der Waals surface area contributed by atoms with Crippen molar-refractivity contribution in [1.29, 1.82) is 0 Å². The quantitative estimate of drug-likeness (QED) is 0.884. The Morgan fingerprint density at radius 2 is 1.80 bits per heavy atom. The molecule has 7 heteroatoms. The molecule has 1 amide bonds. The van der Waals surface area contributed by atoms with Gasteiger partial charge in [0.05, 0.1) is 4.90 Å². The van der Waals surface area contributed by atoms with Crippen molar-refractivity contribution in [3.63, 3.8) is 0 Å². The van der Waals surface area contributed by atoms with Gasteiger partial charge in [0.2, 0.25) is 0 Å². The number of carbonyl (C=O) groups is 1. The van der Waals surface area contributed by atoms with Crippen LogP contribution in [0.4, 0.5) is 5.69 Å². The fourth-order valence-corrected chi connectivity index (χ4v) is 2.34. The van der Waals surface area contributed by atoms with Crippen LogP contribution in [0.1, 0.15) is 16.2 Å². The largest absolute Gasteiger partial charge is 0.321 e. The maximum Gasteiger partial charge on any atom is 0.274 e. The minimum absolute atomic E-state index is 0.0224. The van der Waals surface area contributed by atoms with Crippen LogP contribution in [0.3, 0.4) is 0 Å². The van der Waals surface area contributed by atoms with Gasteiger partial charge in [-0.2, -0.15) is 0 Å². The van der Waals surface area contributed by atoms with Crippen LogP contribution in [0.25, 0.3) is 0 Å². The first-order valence-corrected chi connectivity index (χ1v) is 7.97. The number of hydrogen-bond donors (Lipinski definition) is 1. The van der Waals surface area contributed by atoms with Gasteiger partial charge in [-0.15, -0.1) is 0 Å². The van der Waals surface area contributed by atoms with Crippen LogP contribution in [-0.2, 0) is 9.05 Å². The number of carbonyl (C=O) groups excluding carboxylic acids is 1. The van der Waals surface area contributed by atoms with Gasteiger partial charge in [-0.3, -0.25) is 4.79 Å². The normalized spacial score (nSPS) is 11.1. The molecular weight excluding hydrogens is 300 g/mol. The second kappa shape index (κ2) is 5.60. The number of rotatable bonds is 3. The van der Waals surface area contributed by atoms with Gasteiger partial charge in [0, 0.05) is 22.1 Å². The summed E-state index contributed by atoms with van der Waals surface area (Å²) < 4.78 is 22.2. The third-order valence-electron chi connectivity index (χ3n) is 2.51. The predicted molar refractivity (Wildman–Crippen MR) is 76.4 cm³/mol. The highest BCUT2D eigenvalue weighted by molar-refractivity contribution is 8.13. The molecule has 0 saturated heterocycles. The molecule has 1 aromatic carbocycles. The second-order valence-corrected chi connectivity index (χ2v) is 6.65. The van der Waals surface area contributed by atoms with E-state index in [1.54, 1.807) is 25.1 Å². The molecule has 1 heterocycles. The summed E-state index contributed by atoms with van der Waals surface area (Å²) in [6, 6.07) is 10.7. The Morgan fingerprint density at radius 3 is 2.35 bits per heavy atom. The van der Waals surface area contributed by atoms with Crippen LogP contribution in [0.5, 0.6) is 0 Å². The van der Waals surface area contributed by atoms with Crippen molar-refractivity contribution in [2.75, 3.05) is 5.32 Å². The summed E-state index contributed by atoms with van der Waals surface area (Å²) in [6.07, 6.45) is 0. The summed E-state index contributed by atoms with van der Waals surface area (Å²) in [5.74, 6) is -0.366. The third kappa shape index (κ3) is 3.55. The average molecular weight is 311 g/mol. The number of benzene rings is 1. The third-order valence-corrected chi connectivity index (χ3v) is 3.88. The molecule has 0 radical (unpaired) electrons. The predicted octanol–water partition coefficient (Wildman–Crippen LogP) is 2.57. The zero-order valence-corrected chi connectivity index (χ0v) is 12.1. The molecular formula is C13H11ClN2O3S. The van der Waals surface area contributed by atoms with E-state index >= 15 is 0 Å². The van der Waals surface area contributed by atoms with Gasteiger partial charge < -0.3 is 5.32 Å². The second-order valence-electron chi connectivity index (χ2n) is 4.08. The highest BCUT2D eigenvalue weighted by Crippen LogP contribution is 2.18. The number of halogens is 1. The number of pyridine rings is 1. The molecule has 104 valence electrons. The minimum atomic E-state index is -3.76. The van der Waals surface area contributed by atoms with E-state index in [-0.39, 0.29) is 10.8 Å². The standard InChI is InChI=1S/C13H11ClN2O3S/c1-9-3-2-4-12(15-9)13(17)16-10-5-7-11(8-6-10)20(14,18)19/h2-8H,1H3,(H,16,17). The van der Waals surface area contributed by atoms with E-state index in [1.807, 2.05) is 0 Å². The van der Waals surface area contributed by atoms with Crippen LogP contribution in [0.2, 0.25) is 0 Å². The van der Waals surface area contributed by atoms with Crippen molar-refractivity contribution in [3.8, 4) is 0 Å². The van der Waals surface area contributed by atoms with Crippen molar-refractivity contribution < 1.29 is 13.2 Å². The summed E-state index contributed by atoms with van der Waals surface area (Å²) in [6.45, 7) is 1.79. The highest BCUT2D eigenvalue weighted by atomic mass is 35.7. The number of hydrogen-bond acceptors (Lipinski definition) is 4. The summed E-state index contributed by atoms with van der Waals surface area (Å²) in [5.41, 5.74) is 1.49. The molecule has 20 heavy (non-hydrogen) atoms. The lowest BCUT2D eigenvalue weighted by Gasteiger charge is -2.05. The monoisotopic (exact) mass is 310 g/mol. The van der Waals surface area contributed by atoms with Crippen LogP contribution in [-0.4, -0.2) is 19.3 Å². The molecule has 0 unspecified atom stereocenters. The number of anilines is 1. The van der Waals surface area contributed by atoms with E-state index < -0.39 is 9.05 Å². The van der Waals surface area contributed by atoms with Gasteiger partial charge >= 0.3 is 0 Å².